The fraction of sp³-hybridized carbons (Fsp3) is 0.500. The van der Waals surface area contributed by atoms with E-state index >= 15 is 0 Å². The van der Waals surface area contributed by atoms with Crippen molar-refractivity contribution in [1.82, 2.24) is 19.5 Å². The van der Waals surface area contributed by atoms with Gasteiger partial charge in [-0.15, -0.1) is 4.67 Å². The fourth-order valence-corrected chi connectivity index (χ4v) is 2.52. The number of hydrogen-bond donors (Lipinski definition) is 5. The van der Waals surface area contributed by atoms with Crippen LogP contribution in [0.2, 0.25) is 0 Å². The molecule has 1 aliphatic heterocycles. The average molecular weight is 363 g/mol. The monoisotopic (exact) mass is 363 g/mol. The molecule has 6 N–H and O–H groups in total. The van der Waals surface area contributed by atoms with Crippen LogP contribution < -0.4 is 5.73 Å². The summed E-state index contributed by atoms with van der Waals surface area (Å²) in [7, 11) is -4.83. The van der Waals surface area contributed by atoms with Crippen LogP contribution in [-0.4, -0.2) is 64.4 Å². The number of hydrogen-bond acceptors (Lipinski definition) is 10. The smallest absolute Gasteiger partial charge is 0.387 e. The lowest BCUT2D eigenvalue weighted by Crippen LogP contribution is -2.33. The van der Waals surface area contributed by atoms with E-state index in [1.54, 1.807) is 0 Å². The normalized spacial score (nSPS) is 27.8. The zero-order chi connectivity index (χ0) is 17.5. The summed E-state index contributed by atoms with van der Waals surface area (Å²) in [6.45, 7) is -0.524. The van der Waals surface area contributed by atoms with Crippen LogP contribution >= 0.6 is 7.82 Å². The van der Waals surface area contributed by atoms with Crippen LogP contribution in [-0.2, 0) is 18.9 Å². The maximum absolute atomic E-state index is 10.5. The van der Waals surface area contributed by atoms with Crippen LogP contribution in [0.4, 0.5) is 5.82 Å². The second-order valence-corrected chi connectivity index (χ2v) is 6.11. The van der Waals surface area contributed by atoms with Gasteiger partial charge in [0, 0.05) is 0 Å². The zero-order valence-corrected chi connectivity index (χ0v) is 12.8. The minimum absolute atomic E-state index is 0.140. The number of aromatic nitrogens is 4. The van der Waals surface area contributed by atoms with Crippen molar-refractivity contribution in [2.45, 2.75) is 24.5 Å². The molecule has 3 rings (SSSR count). The SMILES string of the molecule is Nc1ncnc2c1ncn2[C@@H]1O[C@H](COOP(=O)(O)O)[C@@H](O)[C@H]1O. The third-order valence-electron chi connectivity index (χ3n) is 3.38. The van der Waals surface area contributed by atoms with Gasteiger partial charge in [-0.1, -0.05) is 0 Å². The highest BCUT2D eigenvalue weighted by Crippen LogP contribution is 2.37. The number of nitrogens with two attached hydrogens (primary N) is 1. The van der Waals surface area contributed by atoms with E-state index in [0.717, 1.165) is 0 Å². The number of rotatable bonds is 5. The third-order valence-corrected chi connectivity index (χ3v) is 3.68. The van der Waals surface area contributed by atoms with Crippen LogP contribution in [0.25, 0.3) is 11.2 Å². The molecule has 2 aromatic rings. The summed E-state index contributed by atoms with van der Waals surface area (Å²) < 4.78 is 21.2. The summed E-state index contributed by atoms with van der Waals surface area (Å²) in [5, 5.41) is 20.1. The molecule has 0 bridgehead atoms. The van der Waals surface area contributed by atoms with Gasteiger partial charge in [0.1, 0.15) is 36.8 Å². The summed E-state index contributed by atoms with van der Waals surface area (Å²) in [6.07, 6.45) is -2.42. The molecular formula is C10H14N5O8P. The molecule has 24 heavy (non-hydrogen) atoms. The Morgan fingerprint density at radius 1 is 1.29 bits per heavy atom. The molecule has 14 heteroatoms. The minimum atomic E-state index is -4.83. The molecule has 1 saturated heterocycles. The predicted molar refractivity (Wildman–Crippen MR) is 74.7 cm³/mol. The molecule has 0 radical (unpaired) electrons. The van der Waals surface area contributed by atoms with Crippen LogP contribution in [0.1, 0.15) is 6.23 Å². The first-order valence-corrected chi connectivity index (χ1v) is 8.12. The van der Waals surface area contributed by atoms with Crippen molar-refractivity contribution >= 4 is 24.8 Å². The molecule has 132 valence electrons. The molecule has 0 unspecified atom stereocenters. The lowest BCUT2D eigenvalue weighted by molar-refractivity contribution is -0.245. The van der Waals surface area contributed by atoms with Crippen molar-refractivity contribution in [1.29, 1.82) is 0 Å². The van der Waals surface area contributed by atoms with Gasteiger partial charge in [0.15, 0.2) is 17.7 Å². The Labute approximate surface area is 133 Å². The number of aliphatic hydroxyl groups excluding tert-OH is 2. The van der Waals surface area contributed by atoms with Crippen molar-refractivity contribution < 1.29 is 38.9 Å². The minimum Gasteiger partial charge on any atom is -0.387 e. The molecule has 0 amide bonds. The molecule has 13 nitrogen and oxygen atoms in total. The lowest BCUT2D eigenvalue weighted by Gasteiger charge is -2.16. The van der Waals surface area contributed by atoms with Gasteiger partial charge in [0.25, 0.3) is 0 Å². The summed E-state index contributed by atoms with van der Waals surface area (Å²) >= 11 is 0. The van der Waals surface area contributed by atoms with Gasteiger partial charge in [-0.3, -0.25) is 4.57 Å². The van der Waals surface area contributed by atoms with Crippen molar-refractivity contribution in [2.24, 2.45) is 0 Å². The Morgan fingerprint density at radius 3 is 2.75 bits per heavy atom. The van der Waals surface area contributed by atoms with Gasteiger partial charge in [-0.2, -0.15) is 0 Å². The first-order chi connectivity index (χ1) is 11.3. The maximum Gasteiger partial charge on any atom is 0.496 e. The predicted octanol–water partition coefficient (Wildman–Crippen LogP) is -1.93. The number of ether oxygens (including phenoxy) is 1. The second-order valence-electron chi connectivity index (χ2n) is 4.98. The van der Waals surface area contributed by atoms with Crippen LogP contribution in [0.5, 0.6) is 0 Å². The van der Waals surface area contributed by atoms with E-state index in [1.807, 2.05) is 0 Å². The summed E-state index contributed by atoms with van der Waals surface area (Å²) in [5.74, 6) is 0.140. The summed E-state index contributed by atoms with van der Waals surface area (Å²) in [6, 6.07) is 0. The number of phosphoric acid groups is 1. The van der Waals surface area contributed by atoms with E-state index in [-0.39, 0.29) is 11.5 Å². The van der Waals surface area contributed by atoms with Gasteiger partial charge in [0.2, 0.25) is 0 Å². The molecule has 4 atom stereocenters. The fourth-order valence-electron chi connectivity index (χ4n) is 2.32. The molecule has 1 aliphatic rings. The number of fused-ring (bicyclic) bond motifs is 1. The van der Waals surface area contributed by atoms with Crippen LogP contribution in [0, 0.1) is 0 Å². The van der Waals surface area contributed by atoms with Crippen molar-refractivity contribution in [3.8, 4) is 0 Å². The number of aliphatic hydroxyl groups is 2. The van der Waals surface area contributed by atoms with Crippen molar-refractivity contribution in [2.75, 3.05) is 12.3 Å². The molecule has 1 fully saturated rings. The third kappa shape index (κ3) is 3.24. The standard InChI is InChI=1S/C10H14N5O8P/c11-8-5-9(13-2-12-8)15(3-14-5)10-7(17)6(16)4(22-10)1-21-23-24(18,19)20/h2-4,6-7,10,16-17H,1H2,(H2,11,12,13)(H2,18,19,20)/t4-,6-,7-,10-/m1/s1. The van der Waals surface area contributed by atoms with Gasteiger partial charge < -0.3 is 30.5 Å². The van der Waals surface area contributed by atoms with E-state index in [9.17, 15) is 14.8 Å². The Bertz CT molecular complexity index is 780. The Balaban J connectivity index is 1.77. The van der Waals surface area contributed by atoms with Gasteiger partial charge in [0.05, 0.1) is 6.33 Å². The second kappa shape index (κ2) is 6.31. The Hall–Kier alpha value is -1.70. The maximum atomic E-state index is 10.5. The molecule has 0 aliphatic carbocycles. The number of anilines is 1. The van der Waals surface area contributed by atoms with E-state index in [1.165, 1.54) is 17.2 Å². The highest BCUT2D eigenvalue weighted by atomic mass is 31.2. The van der Waals surface area contributed by atoms with Gasteiger partial charge in [-0.25, -0.2) is 24.4 Å². The van der Waals surface area contributed by atoms with Gasteiger partial charge >= 0.3 is 7.82 Å². The first kappa shape index (κ1) is 17.1. The molecular weight excluding hydrogens is 349 g/mol. The molecule has 0 saturated carbocycles. The zero-order valence-electron chi connectivity index (χ0n) is 11.9. The number of nitrogens with zero attached hydrogens (tertiary/aromatic N) is 4. The van der Waals surface area contributed by atoms with Gasteiger partial charge in [-0.05, 0) is 0 Å². The Kier molecular flexibility index (Phi) is 4.50. The molecule has 0 spiro atoms. The van der Waals surface area contributed by atoms with E-state index < -0.39 is 39.0 Å². The summed E-state index contributed by atoms with van der Waals surface area (Å²) in [5.41, 5.74) is 6.26. The Morgan fingerprint density at radius 2 is 2.04 bits per heavy atom. The highest BCUT2D eigenvalue weighted by Gasteiger charge is 2.44. The topological polar surface area (TPSA) is 195 Å². The van der Waals surface area contributed by atoms with Crippen molar-refractivity contribution in [3.05, 3.63) is 12.7 Å². The largest absolute Gasteiger partial charge is 0.496 e. The van der Waals surface area contributed by atoms with Crippen molar-refractivity contribution in [3.63, 3.8) is 0 Å². The lowest BCUT2D eigenvalue weighted by atomic mass is 10.1. The highest BCUT2D eigenvalue weighted by molar-refractivity contribution is 7.46. The number of nitrogen functional groups attached to an aromatic ring is 1. The van der Waals surface area contributed by atoms with E-state index in [0.29, 0.717) is 5.52 Å². The molecule has 2 aromatic heterocycles. The quantitative estimate of drug-likeness (QED) is 0.224. The molecule has 3 heterocycles. The molecule has 0 aromatic carbocycles. The summed E-state index contributed by atoms with van der Waals surface area (Å²) in [4.78, 5) is 33.2. The van der Waals surface area contributed by atoms with E-state index in [2.05, 4.69) is 24.5 Å². The number of imidazole rings is 1. The average Bonchev–Trinajstić information content (AvgIpc) is 3.03. The first-order valence-electron chi connectivity index (χ1n) is 6.59. The van der Waals surface area contributed by atoms with Crippen LogP contribution in [0.15, 0.2) is 12.7 Å². The van der Waals surface area contributed by atoms with Crippen LogP contribution in [0.3, 0.4) is 0 Å². The van der Waals surface area contributed by atoms with E-state index in [4.69, 9.17) is 20.3 Å².